The zero-order valence-corrected chi connectivity index (χ0v) is 17.4. The van der Waals surface area contributed by atoms with Gasteiger partial charge in [0.25, 0.3) is 0 Å². The highest BCUT2D eigenvalue weighted by molar-refractivity contribution is 9.47. The van der Waals surface area contributed by atoms with Gasteiger partial charge in [0.05, 0.1) is 36.5 Å². The van der Waals surface area contributed by atoms with Crippen molar-refractivity contribution in [2.45, 2.75) is 62.9 Å². The minimum Gasteiger partial charge on any atom is -0.404 e. The van der Waals surface area contributed by atoms with Crippen LogP contribution in [0.5, 0.6) is 0 Å². The van der Waals surface area contributed by atoms with E-state index in [0.29, 0.717) is 23.7 Å². The molecule has 0 aromatic rings. The van der Waals surface area contributed by atoms with Crippen LogP contribution in [-0.2, 0) is 17.6 Å². The van der Waals surface area contributed by atoms with Crippen molar-refractivity contribution in [1.82, 2.24) is 0 Å². The summed E-state index contributed by atoms with van der Waals surface area (Å²) in [6.07, 6.45) is 2.80. The van der Waals surface area contributed by atoms with Gasteiger partial charge in [-0.05, 0) is 43.4 Å². The molecule has 0 radical (unpaired) electrons. The maximum atomic E-state index is 11.4. The third-order valence-corrected chi connectivity index (χ3v) is 8.71. The van der Waals surface area contributed by atoms with Gasteiger partial charge in [0, 0.05) is 0 Å². The van der Waals surface area contributed by atoms with E-state index in [1.54, 1.807) is 0 Å². The predicted octanol–water partition coefficient (Wildman–Crippen LogP) is 3.52. The van der Waals surface area contributed by atoms with Crippen LogP contribution >= 0.6 is 30.7 Å². The Hall–Kier alpha value is 0.895. The molecule has 126 valence electrons. The van der Waals surface area contributed by atoms with E-state index >= 15 is 0 Å². The Morgan fingerprint density at radius 1 is 1.32 bits per heavy atom. The third-order valence-electron chi connectivity index (χ3n) is 6.28. The topological polar surface area (TPSA) is 52.6 Å². The fourth-order valence-electron chi connectivity index (χ4n) is 4.57. The number of halogens is 2. The molecular formula is C14H23BBr2O4S. The van der Waals surface area contributed by atoms with Gasteiger partial charge >= 0.3 is 7.12 Å². The lowest BCUT2D eigenvalue weighted by Crippen LogP contribution is -2.65. The molecule has 2 bridgehead atoms. The van der Waals surface area contributed by atoms with Gasteiger partial charge in [-0.3, -0.25) is 0 Å². The molecule has 0 amide bonds. The smallest absolute Gasteiger partial charge is 0.404 e. The highest BCUT2D eigenvalue weighted by atomic mass is 79.9. The Bertz CT molecular complexity index is 579. The quantitative estimate of drug-likeness (QED) is 0.368. The number of hydrogen-bond donors (Lipinski definition) is 0. The van der Waals surface area contributed by atoms with Gasteiger partial charge in [-0.25, -0.2) is 8.42 Å². The Kier molecular flexibility index (Phi) is 4.18. The standard InChI is InChI=1S/C14H23BBr2O4S/c1-12(2)9-7-10(12)14(4)11(8-9)20-15(21-14)13(3,16)5-6-22(17,18)19/h9-11H,5-8H2,1-4H3/t9-,10-,11+,13?,14-/m0/s1. The van der Waals surface area contributed by atoms with Crippen molar-refractivity contribution in [3.8, 4) is 0 Å². The zero-order valence-electron chi connectivity index (χ0n) is 13.4. The Balaban J connectivity index is 1.74. The maximum absolute atomic E-state index is 11.4. The number of rotatable bonds is 4. The molecule has 8 heteroatoms. The lowest BCUT2D eigenvalue weighted by Gasteiger charge is -2.64. The van der Waals surface area contributed by atoms with E-state index in [1.807, 2.05) is 6.92 Å². The molecule has 1 unspecified atom stereocenters. The highest BCUT2D eigenvalue weighted by Crippen LogP contribution is 2.66. The molecule has 1 heterocycles. The van der Waals surface area contributed by atoms with Crippen LogP contribution in [0.3, 0.4) is 0 Å². The van der Waals surface area contributed by atoms with Crippen molar-refractivity contribution >= 4 is 46.1 Å². The molecule has 0 N–H and O–H groups in total. The molecule has 0 aromatic heterocycles. The van der Waals surface area contributed by atoms with Crippen LogP contribution in [0.4, 0.5) is 0 Å². The monoisotopic (exact) mass is 456 g/mol. The molecule has 1 saturated heterocycles. The van der Waals surface area contributed by atoms with E-state index < -0.39 is 19.6 Å². The van der Waals surface area contributed by atoms with Gasteiger partial charge in [0.15, 0.2) is 0 Å². The summed E-state index contributed by atoms with van der Waals surface area (Å²) >= 11 is 6.36. The van der Waals surface area contributed by atoms with Crippen LogP contribution in [0, 0.1) is 17.3 Å². The van der Waals surface area contributed by atoms with Crippen molar-refractivity contribution < 1.29 is 17.7 Å². The third kappa shape index (κ3) is 2.74. The van der Waals surface area contributed by atoms with Gasteiger partial charge in [-0.1, -0.05) is 36.7 Å². The van der Waals surface area contributed by atoms with Crippen molar-refractivity contribution in [1.29, 1.82) is 0 Å². The Morgan fingerprint density at radius 2 is 1.95 bits per heavy atom. The molecule has 4 nitrogen and oxygen atoms in total. The molecule has 4 rings (SSSR count). The summed E-state index contributed by atoms with van der Waals surface area (Å²) in [6, 6.07) is 0. The van der Waals surface area contributed by atoms with E-state index in [-0.39, 0.29) is 17.5 Å². The van der Waals surface area contributed by atoms with Crippen LogP contribution < -0.4 is 0 Å². The van der Waals surface area contributed by atoms with Gasteiger partial charge < -0.3 is 9.31 Å². The first-order chi connectivity index (χ1) is 9.86. The van der Waals surface area contributed by atoms with Crippen molar-refractivity contribution in [2.24, 2.45) is 17.3 Å². The first kappa shape index (κ1) is 17.7. The van der Waals surface area contributed by atoms with Gasteiger partial charge in [0.1, 0.15) is 0 Å². The van der Waals surface area contributed by atoms with E-state index in [1.165, 1.54) is 6.42 Å². The Morgan fingerprint density at radius 3 is 2.50 bits per heavy atom. The molecule has 3 saturated carbocycles. The summed E-state index contributed by atoms with van der Waals surface area (Å²) in [6.45, 7) is 8.78. The van der Waals surface area contributed by atoms with E-state index in [2.05, 4.69) is 51.5 Å². The van der Waals surface area contributed by atoms with Crippen LogP contribution in [-0.4, -0.2) is 37.2 Å². The molecule has 0 aromatic carbocycles. The first-order valence-electron chi connectivity index (χ1n) is 7.81. The van der Waals surface area contributed by atoms with E-state index in [9.17, 15) is 8.42 Å². The molecule has 5 atom stereocenters. The minimum atomic E-state index is -3.18. The molecule has 3 aliphatic carbocycles. The maximum Gasteiger partial charge on any atom is 0.475 e. The molecular weight excluding hydrogens is 435 g/mol. The van der Waals surface area contributed by atoms with E-state index in [0.717, 1.165) is 6.42 Å². The van der Waals surface area contributed by atoms with Crippen LogP contribution in [0.1, 0.15) is 47.0 Å². The second-order valence-electron chi connectivity index (χ2n) is 8.07. The zero-order chi connectivity index (χ0) is 16.6. The summed E-state index contributed by atoms with van der Waals surface area (Å²) in [5.41, 5.74) is 0.0522. The fraction of sp³-hybridized carbons (Fsp3) is 1.00. The Labute approximate surface area is 149 Å². The van der Waals surface area contributed by atoms with Gasteiger partial charge in [-0.2, -0.15) is 0 Å². The molecule has 22 heavy (non-hydrogen) atoms. The highest BCUT2D eigenvalue weighted by Gasteiger charge is 2.69. The number of alkyl halides is 1. The molecule has 1 aliphatic heterocycles. The van der Waals surface area contributed by atoms with Crippen LogP contribution in [0.15, 0.2) is 0 Å². The van der Waals surface area contributed by atoms with Gasteiger partial charge in [0.2, 0.25) is 8.27 Å². The normalized spacial score (nSPS) is 42.5. The minimum absolute atomic E-state index is 0.0525. The van der Waals surface area contributed by atoms with Gasteiger partial charge in [-0.15, -0.1) is 0 Å². The van der Waals surface area contributed by atoms with Crippen molar-refractivity contribution in [3.05, 3.63) is 0 Å². The second kappa shape index (κ2) is 5.20. The second-order valence-corrected chi connectivity index (χ2v) is 14.3. The summed E-state index contributed by atoms with van der Waals surface area (Å²) in [5, 5.41) is 0. The molecule has 4 aliphatic rings. The summed E-state index contributed by atoms with van der Waals surface area (Å²) in [4.78, 5) is 0. The van der Waals surface area contributed by atoms with E-state index in [4.69, 9.17) is 9.31 Å². The largest absolute Gasteiger partial charge is 0.475 e. The van der Waals surface area contributed by atoms with Crippen LogP contribution in [0.25, 0.3) is 0 Å². The number of hydrogen-bond acceptors (Lipinski definition) is 4. The lowest BCUT2D eigenvalue weighted by atomic mass is 9.43. The average molecular weight is 458 g/mol. The van der Waals surface area contributed by atoms with Crippen LogP contribution in [0.2, 0.25) is 0 Å². The lowest BCUT2D eigenvalue weighted by molar-refractivity contribution is -0.199. The van der Waals surface area contributed by atoms with Crippen molar-refractivity contribution in [2.75, 3.05) is 5.75 Å². The predicted molar refractivity (Wildman–Crippen MR) is 94.8 cm³/mol. The summed E-state index contributed by atoms with van der Waals surface area (Å²) in [5.74, 6) is 1.27. The SMILES string of the molecule is CC(Br)(CCS(=O)(=O)Br)B1O[C@@H]2C[C@@H]3C[C@@H](C3(C)C)[C@]2(C)O1. The average Bonchev–Trinajstić information content (AvgIpc) is 2.73. The summed E-state index contributed by atoms with van der Waals surface area (Å²) < 4.78 is 34.8. The molecule has 0 spiro atoms. The fourth-order valence-corrected chi connectivity index (χ4v) is 6.38. The first-order valence-corrected chi connectivity index (χ1v) is 12.1. The summed E-state index contributed by atoms with van der Waals surface area (Å²) in [7, 11) is -3.59. The van der Waals surface area contributed by atoms with Crippen molar-refractivity contribution in [3.63, 3.8) is 0 Å². The molecule has 4 fully saturated rings.